The van der Waals surface area contributed by atoms with E-state index in [1.54, 1.807) is 0 Å². The zero-order valence-corrected chi connectivity index (χ0v) is 51.9. The van der Waals surface area contributed by atoms with Gasteiger partial charge >= 0.3 is 7.12 Å². The molecule has 3 heterocycles. The van der Waals surface area contributed by atoms with E-state index in [2.05, 4.69) is 212 Å². The largest absolute Gasteiger partial charge is 0.534 e. The molecule has 2 aromatic heterocycles. The molecule has 13 rings (SSSR count). The van der Waals surface area contributed by atoms with Crippen molar-refractivity contribution in [2.45, 2.75) is 38.9 Å². The van der Waals surface area contributed by atoms with Gasteiger partial charge in [-0.25, -0.2) is 29.9 Å². The second kappa shape index (κ2) is 26.2. The van der Waals surface area contributed by atoms with Gasteiger partial charge in [-0.15, -0.1) is 0 Å². The lowest BCUT2D eigenvalue weighted by molar-refractivity contribution is 0.00578. The molecule has 0 unspecified atom stereocenters. The van der Waals surface area contributed by atoms with Gasteiger partial charge in [0.15, 0.2) is 34.8 Å². The monoisotopic (exact) mass is 1330 g/mol. The normalized spacial score (nSPS) is 13.0. The van der Waals surface area contributed by atoms with Crippen molar-refractivity contribution in [1.82, 2.24) is 29.9 Å². The van der Waals surface area contributed by atoms with Crippen LogP contribution in [0.2, 0.25) is 0 Å². The van der Waals surface area contributed by atoms with Crippen LogP contribution in [0.5, 0.6) is 0 Å². The van der Waals surface area contributed by atoms with Crippen molar-refractivity contribution in [3.63, 3.8) is 0 Å². The zero-order valence-electron chi connectivity index (χ0n) is 46.6. The number of hydrogen-bond donors (Lipinski definition) is 0. The van der Waals surface area contributed by atoms with Crippen LogP contribution in [0, 0.1) is 3.57 Å². The SMILES string of the molecule is Brc1cccc(-c2nc(-c3ccc(-c4ccccc4)cc3)nc(-c3ccc(-c4ccccc4)cc3)n2)c1.Brc1cccc(I)c1.CC1(C)OB(c2nc(-c3ccc(-c4ccccc4)cc3)nc(-c3ccc(-c4ccccc4)cc3)n2)OC1(C)C. The molecule has 0 amide bonds. The third-order valence-corrected chi connectivity index (χ3v) is 16.3. The summed E-state index contributed by atoms with van der Waals surface area (Å²) < 4.78 is 16.0. The van der Waals surface area contributed by atoms with E-state index in [0.29, 0.717) is 34.8 Å². The summed E-state index contributed by atoms with van der Waals surface area (Å²) in [7, 11) is -0.692. The molecule has 0 aliphatic carbocycles. The Morgan fingerprint density at radius 3 is 0.821 bits per heavy atom. The minimum absolute atomic E-state index is 0.466. The van der Waals surface area contributed by atoms with Crippen molar-refractivity contribution in [2.75, 3.05) is 0 Å². The number of aromatic nitrogens is 6. The molecule has 1 aliphatic heterocycles. The molecule has 410 valence electrons. The molecule has 1 fully saturated rings. The fraction of sp³-hybridized carbons (Fsp3) is 0.0833. The lowest BCUT2D eigenvalue weighted by Crippen LogP contribution is -2.41. The summed E-state index contributed by atoms with van der Waals surface area (Å²) in [6.07, 6.45) is 0. The predicted molar refractivity (Wildman–Crippen MR) is 359 cm³/mol. The van der Waals surface area contributed by atoms with Crippen molar-refractivity contribution in [1.29, 1.82) is 0 Å². The highest BCUT2D eigenvalue weighted by Gasteiger charge is 2.53. The van der Waals surface area contributed by atoms with Crippen LogP contribution < -0.4 is 5.72 Å². The van der Waals surface area contributed by atoms with E-state index in [4.69, 9.17) is 39.2 Å². The molecule has 1 saturated heterocycles. The predicted octanol–water partition coefficient (Wildman–Crippen LogP) is 18.9. The molecule has 12 aromatic rings. The van der Waals surface area contributed by atoms with Crippen LogP contribution in [0.4, 0.5) is 0 Å². The maximum atomic E-state index is 6.31. The van der Waals surface area contributed by atoms with Crippen LogP contribution >= 0.6 is 54.5 Å². The Balaban J connectivity index is 0.000000155. The smallest absolute Gasteiger partial charge is 0.397 e. The Kier molecular flexibility index (Phi) is 18.0. The fourth-order valence-corrected chi connectivity index (χ4v) is 11.1. The van der Waals surface area contributed by atoms with E-state index in [-0.39, 0.29) is 0 Å². The molecule has 0 atom stereocenters. The first kappa shape index (κ1) is 57.7. The van der Waals surface area contributed by atoms with Gasteiger partial charge in [0.05, 0.1) is 11.2 Å². The molecule has 84 heavy (non-hydrogen) atoms. The minimum atomic E-state index is -0.692. The van der Waals surface area contributed by atoms with Crippen LogP contribution in [-0.4, -0.2) is 48.2 Å². The molecule has 12 heteroatoms. The summed E-state index contributed by atoms with van der Waals surface area (Å²) in [6.45, 7) is 8.11. The summed E-state index contributed by atoms with van der Waals surface area (Å²) in [5.41, 5.74) is 13.4. The van der Waals surface area contributed by atoms with Crippen molar-refractivity contribution in [3.05, 3.63) is 279 Å². The Hall–Kier alpha value is -8.11. The molecular formula is C72H56BBr2IN6O2. The number of hydrogen-bond acceptors (Lipinski definition) is 8. The highest BCUT2D eigenvalue weighted by atomic mass is 127. The van der Waals surface area contributed by atoms with Gasteiger partial charge in [0.1, 0.15) is 0 Å². The summed E-state index contributed by atoms with van der Waals surface area (Å²) in [5, 5.41) is 0. The maximum Gasteiger partial charge on any atom is 0.534 e. The van der Waals surface area contributed by atoms with Crippen molar-refractivity contribution in [2.24, 2.45) is 0 Å². The van der Waals surface area contributed by atoms with Crippen LogP contribution in [0.25, 0.3) is 101 Å². The van der Waals surface area contributed by atoms with E-state index in [1.807, 2.05) is 137 Å². The van der Waals surface area contributed by atoms with E-state index in [9.17, 15) is 0 Å². The molecular weight excluding hydrogens is 1280 g/mol. The summed E-state index contributed by atoms with van der Waals surface area (Å²) in [5.74, 6) is 3.09. The number of halogens is 3. The topological polar surface area (TPSA) is 95.8 Å². The van der Waals surface area contributed by atoms with E-state index in [0.717, 1.165) is 70.1 Å². The highest BCUT2D eigenvalue weighted by molar-refractivity contribution is 14.1. The van der Waals surface area contributed by atoms with E-state index < -0.39 is 18.3 Å². The van der Waals surface area contributed by atoms with Crippen LogP contribution in [0.3, 0.4) is 0 Å². The molecule has 0 radical (unpaired) electrons. The Labute approximate surface area is 522 Å². The average Bonchev–Trinajstić information content (AvgIpc) is 3.03. The minimum Gasteiger partial charge on any atom is -0.397 e. The van der Waals surface area contributed by atoms with Gasteiger partial charge in [-0.05, 0) is 125 Å². The first-order chi connectivity index (χ1) is 40.8. The highest BCUT2D eigenvalue weighted by Crippen LogP contribution is 2.37. The van der Waals surface area contributed by atoms with E-state index in [1.165, 1.54) is 14.7 Å². The molecule has 0 bridgehead atoms. The van der Waals surface area contributed by atoms with Gasteiger partial charge in [0.2, 0.25) is 0 Å². The summed E-state index contributed by atoms with van der Waals surface area (Å²) >= 11 is 9.21. The Bertz CT molecular complexity index is 3910. The third-order valence-electron chi connectivity index (χ3n) is 14.6. The standard InChI is InChI=1S/C33H30BN3O2.C33H22BrN3.C6H4BrI/c1-32(2)33(3,4)39-34(38-32)31-36-29(27-19-15-25(16-20-27)23-11-7-5-8-12-23)35-30(37-31)28-21-17-26(18-22-28)24-13-9-6-10-14-24;34-30-13-7-12-29(22-30)33-36-31(27-18-14-25(15-19-27)23-8-3-1-4-9-23)35-32(37-33)28-20-16-26(17-21-28)24-10-5-2-6-11-24;7-5-2-1-3-6(8)4-5/h5-22H,1-4H3;1-22H;1-4H. The fourth-order valence-electron chi connectivity index (χ4n) is 9.32. The van der Waals surface area contributed by atoms with Crippen molar-refractivity contribution in [3.8, 4) is 101 Å². The Morgan fingerprint density at radius 1 is 0.286 bits per heavy atom. The molecule has 0 spiro atoms. The van der Waals surface area contributed by atoms with Crippen LogP contribution in [-0.2, 0) is 9.31 Å². The lowest BCUT2D eigenvalue weighted by atomic mass is 9.89. The summed E-state index contributed by atoms with van der Waals surface area (Å²) in [4.78, 5) is 29.2. The molecule has 0 saturated carbocycles. The van der Waals surface area contributed by atoms with Crippen LogP contribution in [0.15, 0.2) is 276 Å². The van der Waals surface area contributed by atoms with Gasteiger partial charge in [-0.3, -0.25) is 0 Å². The van der Waals surface area contributed by atoms with Gasteiger partial charge < -0.3 is 9.31 Å². The molecule has 10 aromatic carbocycles. The van der Waals surface area contributed by atoms with E-state index >= 15 is 0 Å². The maximum absolute atomic E-state index is 6.31. The Morgan fingerprint density at radius 2 is 0.536 bits per heavy atom. The molecule has 0 N–H and O–H groups in total. The third kappa shape index (κ3) is 14.1. The second-order valence-electron chi connectivity index (χ2n) is 21.0. The van der Waals surface area contributed by atoms with Gasteiger partial charge in [-0.1, -0.05) is 268 Å². The quantitative estimate of drug-likeness (QED) is 0.0987. The van der Waals surface area contributed by atoms with Gasteiger partial charge in [-0.2, -0.15) is 0 Å². The average molecular weight is 1330 g/mol. The number of nitrogens with zero attached hydrogens (tertiary/aromatic N) is 6. The number of rotatable bonds is 10. The zero-order chi connectivity index (χ0) is 58.0. The van der Waals surface area contributed by atoms with Crippen molar-refractivity contribution < 1.29 is 9.31 Å². The number of benzene rings is 10. The molecule has 1 aliphatic rings. The first-order valence-electron chi connectivity index (χ1n) is 27.5. The van der Waals surface area contributed by atoms with Crippen LogP contribution in [0.1, 0.15) is 27.7 Å². The first-order valence-corrected chi connectivity index (χ1v) is 30.2. The lowest BCUT2D eigenvalue weighted by Gasteiger charge is -2.32. The second-order valence-corrected chi connectivity index (χ2v) is 24.0. The van der Waals surface area contributed by atoms with Crippen molar-refractivity contribution >= 4 is 67.3 Å². The van der Waals surface area contributed by atoms with Gasteiger partial charge in [0, 0.05) is 40.3 Å². The molecule has 8 nitrogen and oxygen atoms in total. The van der Waals surface area contributed by atoms with Gasteiger partial charge in [0.25, 0.3) is 0 Å². The summed E-state index contributed by atoms with van der Waals surface area (Å²) in [6, 6.07) is 90.9.